The maximum atomic E-state index is 12.1. The number of esters is 1. The highest BCUT2D eigenvalue weighted by atomic mass is 32.1. The summed E-state index contributed by atoms with van der Waals surface area (Å²) in [7, 11) is 0. The summed E-state index contributed by atoms with van der Waals surface area (Å²) in [5.41, 5.74) is 0.907. The SMILES string of the molecule is Cc1c(C(=O)OCC(=O)c2cccs2)sc2ccccc12. The first-order valence-corrected chi connectivity index (χ1v) is 8.08. The Morgan fingerprint density at radius 2 is 1.95 bits per heavy atom. The fraction of sp³-hybridized carbons (Fsp3) is 0.125. The van der Waals surface area contributed by atoms with Gasteiger partial charge in [0.05, 0.1) is 4.88 Å². The van der Waals surface area contributed by atoms with E-state index < -0.39 is 5.97 Å². The molecule has 2 heterocycles. The molecule has 0 aliphatic rings. The predicted molar refractivity (Wildman–Crippen MR) is 85.5 cm³/mol. The van der Waals surface area contributed by atoms with E-state index in [1.807, 2.05) is 36.6 Å². The van der Waals surface area contributed by atoms with E-state index in [0.29, 0.717) is 9.75 Å². The standard InChI is InChI=1S/C16H12O3S2/c1-10-11-5-2-3-6-13(11)21-15(10)16(18)19-9-12(17)14-7-4-8-20-14/h2-8H,9H2,1H3. The van der Waals surface area contributed by atoms with Crippen LogP contribution in [0.1, 0.15) is 24.9 Å². The number of carbonyl (C=O) groups is 2. The molecule has 5 heteroatoms. The largest absolute Gasteiger partial charge is 0.453 e. The normalized spacial score (nSPS) is 10.7. The van der Waals surface area contributed by atoms with Crippen LogP contribution < -0.4 is 0 Å². The molecule has 21 heavy (non-hydrogen) atoms. The summed E-state index contributed by atoms with van der Waals surface area (Å²) >= 11 is 2.75. The smallest absolute Gasteiger partial charge is 0.349 e. The maximum Gasteiger partial charge on any atom is 0.349 e. The Morgan fingerprint density at radius 1 is 1.14 bits per heavy atom. The Balaban J connectivity index is 1.75. The van der Waals surface area contributed by atoms with E-state index in [1.54, 1.807) is 12.1 Å². The van der Waals surface area contributed by atoms with Crippen LogP contribution in [-0.2, 0) is 4.74 Å². The molecule has 106 valence electrons. The molecule has 0 saturated carbocycles. The van der Waals surface area contributed by atoms with Gasteiger partial charge in [0.15, 0.2) is 6.61 Å². The highest BCUT2D eigenvalue weighted by Gasteiger charge is 2.18. The van der Waals surface area contributed by atoms with Crippen LogP contribution in [0.3, 0.4) is 0 Å². The molecule has 0 aliphatic heterocycles. The molecule has 0 radical (unpaired) electrons. The van der Waals surface area contributed by atoms with E-state index in [2.05, 4.69) is 0 Å². The van der Waals surface area contributed by atoms with Crippen molar-refractivity contribution in [2.45, 2.75) is 6.92 Å². The van der Waals surface area contributed by atoms with Gasteiger partial charge in [-0.2, -0.15) is 0 Å². The van der Waals surface area contributed by atoms with Crippen molar-refractivity contribution in [1.29, 1.82) is 0 Å². The lowest BCUT2D eigenvalue weighted by atomic mass is 10.1. The molecule has 0 bridgehead atoms. The van der Waals surface area contributed by atoms with Gasteiger partial charge in [-0.1, -0.05) is 24.3 Å². The number of ether oxygens (including phenoxy) is 1. The summed E-state index contributed by atoms with van der Waals surface area (Å²) in [6.07, 6.45) is 0. The van der Waals surface area contributed by atoms with Crippen molar-refractivity contribution in [3.8, 4) is 0 Å². The lowest BCUT2D eigenvalue weighted by Gasteiger charge is -2.02. The number of carbonyl (C=O) groups excluding carboxylic acids is 2. The molecule has 0 amide bonds. The van der Waals surface area contributed by atoms with Gasteiger partial charge in [0, 0.05) is 4.70 Å². The van der Waals surface area contributed by atoms with Crippen molar-refractivity contribution in [2.24, 2.45) is 0 Å². The van der Waals surface area contributed by atoms with Crippen LogP contribution in [0.25, 0.3) is 10.1 Å². The van der Waals surface area contributed by atoms with Crippen molar-refractivity contribution in [2.75, 3.05) is 6.61 Å². The number of fused-ring (bicyclic) bond motifs is 1. The molecular weight excluding hydrogens is 304 g/mol. The van der Waals surface area contributed by atoms with E-state index in [1.165, 1.54) is 22.7 Å². The number of Topliss-reactive ketones (excluding diaryl/α,β-unsaturated/α-hetero) is 1. The zero-order valence-corrected chi connectivity index (χ0v) is 12.9. The fourth-order valence-corrected chi connectivity index (χ4v) is 3.83. The zero-order chi connectivity index (χ0) is 14.8. The van der Waals surface area contributed by atoms with Crippen molar-refractivity contribution in [3.63, 3.8) is 0 Å². The van der Waals surface area contributed by atoms with Crippen molar-refractivity contribution >= 4 is 44.5 Å². The Kier molecular flexibility index (Phi) is 3.86. The number of hydrogen-bond acceptors (Lipinski definition) is 5. The molecule has 3 nitrogen and oxygen atoms in total. The summed E-state index contributed by atoms with van der Waals surface area (Å²) < 4.78 is 6.20. The monoisotopic (exact) mass is 316 g/mol. The lowest BCUT2D eigenvalue weighted by Crippen LogP contribution is -2.13. The van der Waals surface area contributed by atoms with Gasteiger partial charge in [0.25, 0.3) is 0 Å². The van der Waals surface area contributed by atoms with Crippen LogP contribution in [0.4, 0.5) is 0 Å². The van der Waals surface area contributed by atoms with Crippen molar-refractivity contribution < 1.29 is 14.3 Å². The first kappa shape index (κ1) is 14.0. The van der Waals surface area contributed by atoms with Gasteiger partial charge in [-0.05, 0) is 35.4 Å². The van der Waals surface area contributed by atoms with E-state index in [-0.39, 0.29) is 12.4 Å². The average Bonchev–Trinajstić information content (AvgIpc) is 3.13. The minimum Gasteiger partial charge on any atom is -0.453 e. The molecule has 0 atom stereocenters. The topological polar surface area (TPSA) is 43.4 Å². The second kappa shape index (κ2) is 5.79. The highest BCUT2D eigenvalue weighted by molar-refractivity contribution is 7.21. The number of benzene rings is 1. The third-order valence-corrected chi connectivity index (χ3v) is 5.32. The van der Waals surface area contributed by atoms with Gasteiger partial charge in [0.1, 0.15) is 4.88 Å². The summed E-state index contributed by atoms with van der Waals surface area (Å²) in [5.74, 6) is -0.601. The maximum absolute atomic E-state index is 12.1. The zero-order valence-electron chi connectivity index (χ0n) is 11.3. The van der Waals surface area contributed by atoms with Crippen LogP contribution in [0, 0.1) is 6.92 Å². The molecule has 3 rings (SSSR count). The molecule has 0 N–H and O–H groups in total. The van der Waals surface area contributed by atoms with Crippen LogP contribution in [0.5, 0.6) is 0 Å². The molecule has 0 unspecified atom stereocenters. The van der Waals surface area contributed by atoms with Crippen LogP contribution >= 0.6 is 22.7 Å². The summed E-state index contributed by atoms with van der Waals surface area (Å²) in [6, 6.07) is 11.4. The summed E-state index contributed by atoms with van der Waals surface area (Å²) in [6.45, 7) is 1.68. The second-order valence-electron chi connectivity index (χ2n) is 4.53. The van der Waals surface area contributed by atoms with Gasteiger partial charge in [0.2, 0.25) is 5.78 Å². The summed E-state index contributed by atoms with van der Waals surface area (Å²) in [5, 5.41) is 2.88. The first-order chi connectivity index (χ1) is 10.2. The minimum absolute atomic E-state index is 0.169. The van der Waals surface area contributed by atoms with Gasteiger partial charge in [-0.15, -0.1) is 22.7 Å². The Morgan fingerprint density at radius 3 is 2.67 bits per heavy atom. The van der Waals surface area contributed by atoms with E-state index in [9.17, 15) is 9.59 Å². The van der Waals surface area contributed by atoms with E-state index in [4.69, 9.17) is 4.74 Å². The summed E-state index contributed by atoms with van der Waals surface area (Å²) in [4.78, 5) is 25.2. The molecule has 0 aliphatic carbocycles. The highest BCUT2D eigenvalue weighted by Crippen LogP contribution is 2.31. The number of hydrogen-bond donors (Lipinski definition) is 0. The Hall–Kier alpha value is -1.98. The molecular formula is C16H12O3S2. The molecule has 3 aromatic rings. The van der Waals surface area contributed by atoms with Crippen molar-refractivity contribution in [3.05, 3.63) is 57.1 Å². The Labute approximate surface area is 129 Å². The minimum atomic E-state index is -0.432. The number of ketones is 1. The van der Waals surface area contributed by atoms with Gasteiger partial charge >= 0.3 is 5.97 Å². The molecule has 2 aromatic heterocycles. The second-order valence-corrected chi connectivity index (χ2v) is 6.53. The third-order valence-electron chi connectivity index (χ3n) is 3.16. The Bertz CT molecular complexity index is 800. The molecule has 0 spiro atoms. The fourth-order valence-electron chi connectivity index (χ4n) is 2.07. The molecule has 1 aromatic carbocycles. The van der Waals surface area contributed by atoms with Gasteiger partial charge in [-0.3, -0.25) is 4.79 Å². The van der Waals surface area contributed by atoms with E-state index in [0.717, 1.165) is 15.6 Å². The van der Waals surface area contributed by atoms with Gasteiger partial charge < -0.3 is 4.74 Å². The lowest BCUT2D eigenvalue weighted by molar-refractivity contribution is 0.0480. The third kappa shape index (κ3) is 2.75. The number of aryl methyl sites for hydroxylation is 1. The van der Waals surface area contributed by atoms with Crippen LogP contribution in [0.15, 0.2) is 41.8 Å². The average molecular weight is 316 g/mol. The molecule has 0 saturated heterocycles. The molecule has 0 fully saturated rings. The van der Waals surface area contributed by atoms with Crippen LogP contribution in [0.2, 0.25) is 0 Å². The number of thiophene rings is 2. The van der Waals surface area contributed by atoms with Crippen molar-refractivity contribution in [1.82, 2.24) is 0 Å². The van der Waals surface area contributed by atoms with Crippen LogP contribution in [-0.4, -0.2) is 18.4 Å². The quantitative estimate of drug-likeness (QED) is 0.532. The van der Waals surface area contributed by atoms with E-state index >= 15 is 0 Å². The first-order valence-electron chi connectivity index (χ1n) is 6.39. The van der Waals surface area contributed by atoms with Gasteiger partial charge in [-0.25, -0.2) is 4.79 Å². The number of rotatable bonds is 4. The predicted octanol–water partition coefficient (Wildman–Crippen LogP) is 4.31.